The van der Waals surface area contributed by atoms with Gasteiger partial charge in [0.2, 0.25) is 0 Å². The standard InChI is InChI=1S/C18H29ClN2/c1-4-15-8-10-18(13-20,11-9-15)21(3)14(2)16-6-5-7-17(19)12-16/h5-7,12,14-15H,4,8-11,13,20H2,1-3H3. The van der Waals surface area contributed by atoms with Gasteiger partial charge >= 0.3 is 0 Å². The molecule has 1 aliphatic carbocycles. The second-order valence-electron chi connectivity index (χ2n) is 6.62. The Morgan fingerprint density at radius 1 is 1.38 bits per heavy atom. The van der Waals surface area contributed by atoms with E-state index in [1.54, 1.807) is 0 Å². The molecule has 0 radical (unpaired) electrons. The molecule has 0 amide bonds. The predicted octanol–water partition coefficient (Wildman–Crippen LogP) is 4.63. The molecule has 0 spiro atoms. The fourth-order valence-corrected chi connectivity index (χ4v) is 3.92. The molecule has 1 unspecified atom stereocenters. The van der Waals surface area contributed by atoms with E-state index in [-0.39, 0.29) is 5.54 Å². The summed E-state index contributed by atoms with van der Waals surface area (Å²) in [5, 5.41) is 0.809. The fraction of sp³-hybridized carbons (Fsp3) is 0.667. The number of nitrogens with zero attached hydrogens (tertiary/aromatic N) is 1. The van der Waals surface area contributed by atoms with Gasteiger partial charge in [-0.15, -0.1) is 0 Å². The van der Waals surface area contributed by atoms with Gasteiger partial charge in [0.05, 0.1) is 0 Å². The first-order valence-corrected chi connectivity index (χ1v) is 8.58. The zero-order valence-electron chi connectivity index (χ0n) is 13.6. The van der Waals surface area contributed by atoms with Gasteiger partial charge in [-0.25, -0.2) is 0 Å². The average molecular weight is 309 g/mol. The van der Waals surface area contributed by atoms with Crippen molar-refractivity contribution in [3.63, 3.8) is 0 Å². The van der Waals surface area contributed by atoms with Crippen LogP contribution in [0, 0.1) is 5.92 Å². The highest BCUT2D eigenvalue weighted by atomic mass is 35.5. The molecule has 1 aliphatic rings. The first-order valence-electron chi connectivity index (χ1n) is 8.21. The van der Waals surface area contributed by atoms with Crippen molar-refractivity contribution >= 4 is 11.6 Å². The number of benzene rings is 1. The summed E-state index contributed by atoms with van der Waals surface area (Å²) in [6.07, 6.45) is 6.33. The minimum Gasteiger partial charge on any atom is -0.329 e. The predicted molar refractivity (Wildman–Crippen MR) is 91.7 cm³/mol. The number of nitrogens with two attached hydrogens (primary N) is 1. The van der Waals surface area contributed by atoms with E-state index in [0.717, 1.165) is 17.5 Å². The molecule has 0 aliphatic heterocycles. The topological polar surface area (TPSA) is 29.3 Å². The minimum absolute atomic E-state index is 0.146. The summed E-state index contributed by atoms with van der Waals surface area (Å²) in [5.41, 5.74) is 7.62. The summed E-state index contributed by atoms with van der Waals surface area (Å²) in [6.45, 7) is 5.30. The summed E-state index contributed by atoms with van der Waals surface area (Å²) >= 11 is 6.14. The second kappa shape index (κ2) is 7.13. The first-order chi connectivity index (χ1) is 10.0. The SMILES string of the molecule is CCC1CCC(CN)(N(C)C(C)c2cccc(Cl)c2)CC1. The summed E-state index contributed by atoms with van der Waals surface area (Å²) in [6, 6.07) is 8.54. The summed E-state index contributed by atoms with van der Waals surface area (Å²) in [4.78, 5) is 2.49. The lowest BCUT2D eigenvalue weighted by Gasteiger charge is -2.48. The Labute approximate surface area is 134 Å². The van der Waals surface area contributed by atoms with Crippen molar-refractivity contribution in [1.82, 2.24) is 4.90 Å². The molecular weight excluding hydrogens is 280 g/mol. The Morgan fingerprint density at radius 3 is 2.57 bits per heavy atom. The van der Waals surface area contributed by atoms with E-state index in [0.29, 0.717) is 6.04 Å². The molecule has 1 aromatic carbocycles. The number of hydrogen-bond donors (Lipinski definition) is 1. The lowest BCUT2D eigenvalue weighted by atomic mass is 9.74. The van der Waals surface area contributed by atoms with Crippen LogP contribution in [0.2, 0.25) is 5.02 Å². The summed E-state index contributed by atoms with van der Waals surface area (Å²) < 4.78 is 0. The Morgan fingerprint density at radius 2 is 2.05 bits per heavy atom. The lowest BCUT2D eigenvalue weighted by Crippen LogP contribution is -2.54. The average Bonchev–Trinajstić information content (AvgIpc) is 2.53. The van der Waals surface area contributed by atoms with Gasteiger partial charge in [-0.2, -0.15) is 0 Å². The molecule has 2 nitrogen and oxygen atoms in total. The van der Waals surface area contributed by atoms with E-state index in [9.17, 15) is 0 Å². The molecular formula is C18H29ClN2. The number of hydrogen-bond acceptors (Lipinski definition) is 2. The molecule has 1 atom stereocenters. The van der Waals surface area contributed by atoms with Gasteiger partial charge in [0, 0.05) is 23.1 Å². The maximum absolute atomic E-state index is 6.20. The van der Waals surface area contributed by atoms with Gasteiger partial charge in [0.15, 0.2) is 0 Å². The van der Waals surface area contributed by atoms with Crippen molar-refractivity contribution < 1.29 is 0 Å². The van der Waals surface area contributed by atoms with Crippen molar-refractivity contribution in [2.24, 2.45) is 11.7 Å². The molecule has 0 bridgehead atoms. The highest BCUT2D eigenvalue weighted by molar-refractivity contribution is 6.30. The van der Waals surface area contributed by atoms with Gasteiger partial charge in [-0.3, -0.25) is 4.90 Å². The largest absolute Gasteiger partial charge is 0.329 e. The molecule has 0 saturated heterocycles. The van der Waals surface area contributed by atoms with E-state index in [2.05, 4.69) is 37.9 Å². The van der Waals surface area contributed by atoms with Crippen molar-refractivity contribution in [3.8, 4) is 0 Å². The molecule has 21 heavy (non-hydrogen) atoms. The third-order valence-corrected chi connectivity index (χ3v) is 5.89. The molecule has 1 aromatic rings. The normalized spacial score (nSPS) is 27.8. The Balaban J connectivity index is 2.14. The highest BCUT2D eigenvalue weighted by Crippen LogP contribution is 2.40. The van der Waals surface area contributed by atoms with E-state index < -0.39 is 0 Å². The molecule has 3 heteroatoms. The van der Waals surface area contributed by atoms with Crippen LogP contribution in [0.5, 0.6) is 0 Å². The van der Waals surface area contributed by atoms with E-state index in [4.69, 9.17) is 17.3 Å². The van der Waals surface area contributed by atoms with Crippen LogP contribution in [0.25, 0.3) is 0 Å². The van der Waals surface area contributed by atoms with Crippen LogP contribution in [0.15, 0.2) is 24.3 Å². The lowest BCUT2D eigenvalue weighted by molar-refractivity contribution is 0.0345. The van der Waals surface area contributed by atoms with Crippen LogP contribution in [0.4, 0.5) is 0 Å². The second-order valence-corrected chi connectivity index (χ2v) is 7.06. The zero-order valence-corrected chi connectivity index (χ0v) is 14.4. The smallest absolute Gasteiger partial charge is 0.0409 e. The molecule has 2 rings (SSSR count). The van der Waals surface area contributed by atoms with E-state index >= 15 is 0 Å². The fourth-order valence-electron chi connectivity index (χ4n) is 3.72. The third kappa shape index (κ3) is 3.61. The molecule has 0 aromatic heterocycles. The van der Waals surface area contributed by atoms with Crippen LogP contribution in [-0.2, 0) is 0 Å². The molecule has 2 N–H and O–H groups in total. The number of likely N-dealkylation sites (N-methyl/N-ethyl adjacent to an activating group) is 1. The Bertz CT molecular complexity index is 452. The molecule has 118 valence electrons. The Hall–Kier alpha value is -0.570. The van der Waals surface area contributed by atoms with Crippen LogP contribution >= 0.6 is 11.6 Å². The van der Waals surface area contributed by atoms with Gasteiger partial charge in [0.25, 0.3) is 0 Å². The maximum Gasteiger partial charge on any atom is 0.0409 e. The molecule has 0 heterocycles. The van der Waals surface area contributed by atoms with Gasteiger partial charge in [-0.1, -0.05) is 37.1 Å². The first kappa shape index (κ1) is 16.8. The van der Waals surface area contributed by atoms with Crippen LogP contribution in [-0.4, -0.2) is 24.0 Å². The van der Waals surface area contributed by atoms with Crippen molar-refractivity contribution in [3.05, 3.63) is 34.9 Å². The maximum atomic E-state index is 6.20. The van der Waals surface area contributed by atoms with E-state index in [1.165, 1.54) is 37.7 Å². The van der Waals surface area contributed by atoms with Gasteiger partial charge in [-0.05, 0) is 63.3 Å². The van der Waals surface area contributed by atoms with Crippen molar-refractivity contribution in [2.45, 2.75) is 57.5 Å². The van der Waals surface area contributed by atoms with Gasteiger partial charge < -0.3 is 5.73 Å². The van der Waals surface area contributed by atoms with Crippen LogP contribution in [0.3, 0.4) is 0 Å². The third-order valence-electron chi connectivity index (χ3n) is 5.65. The van der Waals surface area contributed by atoms with Crippen molar-refractivity contribution in [1.29, 1.82) is 0 Å². The zero-order chi connectivity index (χ0) is 15.5. The van der Waals surface area contributed by atoms with Crippen molar-refractivity contribution in [2.75, 3.05) is 13.6 Å². The molecule has 1 fully saturated rings. The highest BCUT2D eigenvalue weighted by Gasteiger charge is 2.39. The number of halogens is 1. The quantitative estimate of drug-likeness (QED) is 0.859. The summed E-state index contributed by atoms with van der Waals surface area (Å²) in [5.74, 6) is 0.888. The summed E-state index contributed by atoms with van der Waals surface area (Å²) in [7, 11) is 2.23. The van der Waals surface area contributed by atoms with E-state index in [1.807, 2.05) is 12.1 Å². The minimum atomic E-state index is 0.146. The van der Waals surface area contributed by atoms with Gasteiger partial charge in [0.1, 0.15) is 0 Å². The van der Waals surface area contributed by atoms with Crippen LogP contribution in [0.1, 0.15) is 57.6 Å². The van der Waals surface area contributed by atoms with Crippen LogP contribution < -0.4 is 5.73 Å². The Kier molecular flexibility index (Phi) is 5.70. The number of rotatable bonds is 5. The molecule has 1 saturated carbocycles. The monoisotopic (exact) mass is 308 g/mol.